The lowest BCUT2D eigenvalue weighted by molar-refractivity contribution is -0.241. The van der Waals surface area contributed by atoms with Crippen molar-refractivity contribution in [3.8, 4) is 34.4 Å². The molecule has 5 atom stereocenters. The summed E-state index contributed by atoms with van der Waals surface area (Å²) in [6.07, 6.45) is 2.05. The SMILES string of the molecule is CCn1c(-c2cccnc2[C@H](C)OC)c2c3cc(ccc31)-c1csc(n1)C[C@H](NC(=O)[C@H](C(C)C)N(C)C(=O)[C@@H]1COC3(CN(C(=O)C#CC(C)(C)N(C)C)C3)O1)C(=O)N1CCC[C@H](N1)C(=O)OCC(C)(C)C2. The number of aryl methyl sites for hydroxylation is 1. The quantitative estimate of drug-likeness (QED) is 0.160. The molecule has 0 radical (unpaired) electrons. The molecule has 0 saturated carbocycles. The number of amides is 4. The summed E-state index contributed by atoms with van der Waals surface area (Å²) in [5.41, 5.74) is 8.65. The molecule has 1 spiro atoms. The largest absolute Gasteiger partial charge is 0.464 e. The summed E-state index contributed by atoms with van der Waals surface area (Å²) in [6.45, 7) is 17.0. The minimum Gasteiger partial charge on any atom is -0.464 e. The van der Waals surface area contributed by atoms with Gasteiger partial charge in [-0.1, -0.05) is 39.7 Å². The zero-order valence-electron chi connectivity index (χ0n) is 44.3. The molecule has 4 aliphatic heterocycles. The summed E-state index contributed by atoms with van der Waals surface area (Å²) in [4.78, 5) is 85.1. The van der Waals surface area contributed by atoms with E-state index in [2.05, 4.69) is 72.2 Å². The van der Waals surface area contributed by atoms with Crippen molar-refractivity contribution >= 4 is 51.8 Å². The molecule has 4 aliphatic rings. The van der Waals surface area contributed by atoms with Gasteiger partial charge in [-0.25, -0.2) is 10.4 Å². The Morgan fingerprint density at radius 3 is 2.56 bits per heavy atom. The zero-order chi connectivity index (χ0) is 52.7. The van der Waals surface area contributed by atoms with Crippen LogP contribution in [0.2, 0.25) is 0 Å². The topological polar surface area (TPSA) is 190 Å². The van der Waals surface area contributed by atoms with Crippen molar-refractivity contribution in [1.29, 1.82) is 0 Å². The number of likely N-dealkylation sites (N-methyl/N-ethyl adjacent to an activating group) is 1. The summed E-state index contributed by atoms with van der Waals surface area (Å²) in [5, 5.41) is 8.02. The third kappa shape index (κ3) is 11.1. The fourth-order valence-electron chi connectivity index (χ4n) is 10.0. The Bertz CT molecular complexity index is 2820. The Kier molecular flexibility index (Phi) is 15.6. The van der Waals surface area contributed by atoms with Crippen molar-refractivity contribution in [2.75, 3.05) is 61.1 Å². The maximum Gasteiger partial charge on any atom is 0.324 e. The molecule has 0 aliphatic carbocycles. The number of hydrazine groups is 1. The molecule has 7 heterocycles. The smallest absolute Gasteiger partial charge is 0.324 e. The van der Waals surface area contributed by atoms with Gasteiger partial charge in [-0.05, 0) is 103 Å². The summed E-state index contributed by atoms with van der Waals surface area (Å²) in [7, 11) is 7.00. The molecule has 2 N–H and O–H groups in total. The van der Waals surface area contributed by atoms with E-state index in [0.717, 1.165) is 44.7 Å². The van der Waals surface area contributed by atoms with Gasteiger partial charge in [-0.2, -0.15) is 0 Å². The number of carbonyl (C=O) groups excluding carboxylic acids is 5. The number of ether oxygens (including phenoxy) is 4. The van der Waals surface area contributed by atoms with Gasteiger partial charge in [-0.15, -0.1) is 11.3 Å². The number of carbonyl (C=O) groups is 5. The van der Waals surface area contributed by atoms with Crippen LogP contribution in [-0.4, -0.2) is 160 Å². The number of aromatic nitrogens is 3. The lowest BCUT2D eigenvalue weighted by Gasteiger charge is -2.45. The van der Waals surface area contributed by atoms with Crippen LogP contribution in [0.4, 0.5) is 0 Å². The number of benzene rings is 1. The number of methoxy groups -OCH3 is 1. The number of nitrogens with zero attached hydrogens (tertiary/aromatic N) is 7. The number of esters is 1. The van der Waals surface area contributed by atoms with Gasteiger partial charge in [0.25, 0.3) is 17.7 Å². The van der Waals surface area contributed by atoms with Crippen molar-refractivity contribution in [2.45, 2.75) is 129 Å². The van der Waals surface area contributed by atoms with Gasteiger partial charge in [0.1, 0.15) is 18.1 Å². The van der Waals surface area contributed by atoms with Crippen molar-refractivity contribution in [1.82, 2.24) is 45.0 Å². The molecular weight excluding hydrogens is 951 g/mol. The number of thiazole rings is 1. The zero-order valence-corrected chi connectivity index (χ0v) is 45.1. The van der Waals surface area contributed by atoms with E-state index in [0.29, 0.717) is 30.8 Å². The second-order valence-corrected chi connectivity index (χ2v) is 22.5. The summed E-state index contributed by atoms with van der Waals surface area (Å²) >= 11 is 1.39. The molecule has 19 heteroatoms. The number of rotatable bonds is 10. The van der Waals surface area contributed by atoms with Crippen LogP contribution in [-0.2, 0) is 62.3 Å². The van der Waals surface area contributed by atoms with E-state index in [1.54, 1.807) is 13.3 Å². The van der Waals surface area contributed by atoms with Crippen LogP contribution in [0.1, 0.15) is 90.6 Å². The van der Waals surface area contributed by atoms with Gasteiger partial charge in [0, 0.05) is 72.7 Å². The van der Waals surface area contributed by atoms with Crippen molar-refractivity contribution in [3.05, 3.63) is 58.2 Å². The van der Waals surface area contributed by atoms with Crippen molar-refractivity contribution in [3.63, 3.8) is 0 Å². The van der Waals surface area contributed by atoms with Crippen LogP contribution < -0.4 is 10.7 Å². The van der Waals surface area contributed by atoms with Crippen molar-refractivity contribution in [2.24, 2.45) is 11.3 Å². The molecule has 0 unspecified atom stereocenters. The third-order valence-electron chi connectivity index (χ3n) is 14.7. The number of hydrogen-bond donors (Lipinski definition) is 2. The average Bonchev–Trinajstić information content (AvgIpc) is 4.09. The predicted molar refractivity (Wildman–Crippen MR) is 276 cm³/mol. The van der Waals surface area contributed by atoms with Gasteiger partial charge >= 0.3 is 5.97 Å². The van der Waals surface area contributed by atoms with Crippen LogP contribution in [0, 0.1) is 23.2 Å². The Morgan fingerprint density at radius 1 is 1.11 bits per heavy atom. The maximum atomic E-state index is 14.7. The van der Waals surface area contributed by atoms with E-state index in [-0.39, 0.29) is 57.2 Å². The molecule has 3 fully saturated rings. The molecule has 8 rings (SSSR count). The van der Waals surface area contributed by atoms with Gasteiger partial charge in [0.15, 0.2) is 6.10 Å². The second-order valence-electron chi connectivity index (χ2n) is 21.6. The molecule has 3 aromatic heterocycles. The molecular formula is C54H71N9O9S. The van der Waals surface area contributed by atoms with Gasteiger partial charge in [0.05, 0.1) is 60.0 Å². The molecule has 18 nitrogen and oxygen atoms in total. The lowest BCUT2D eigenvalue weighted by Crippen LogP contribution is -2.64. The monoisotopic (exact) mass is 1020 g/mol. The number of likely N-dealkylation sites (tertiary alicyclic amines) is 1. The van der Waals surface area contributed by atoms with E-state index in [9.17, 15) is 24.0 Å². The Hall–Kier alpha value is -5.75. The molecule has 4 aromatic rings. The number of hydrogen-bond acceptors (Lipinski definition) is 14. The highest BCUT2D eigenvalue weighted by molar-refractivity contribution is 7.10. The van der Waals surface area contributed by atoms with E-state index in [1.807, 2.05) is 65.1 Å². The first-order chi connectivity index (χ1) is 34.6. The number of nitrogens with one attached hydrogen (secondary N) is 2. The summed E-state index contributed by atoms with van der Waals surface area (Å²) < 4.78 is 26.4. The van der Waals surface area contributed by atoms with E-state index >= 15 is 0 Å². The fraction of sp³-hybridized carbons (Fsp3) is 0.574. The van der Waals surface area contributed by atoms with Crippen LogP contribution in [0.15, 0.2) is 41.9 Å². The van der Waals surface area contributed by atoms with E-state index < -0.39 is 64.7 Å². The van der Waals surface area contributed by atoms with Crippen LogP contribution in [0.5, 0.6) is 0 Å². The highest BCUT2D eigenvalue weighted by Crippen LogP contribution is 2.42. The fourth-order valence-corrected chi connectivity index (χ4v) is 10.9. The Morgan fingerprint density at radius 2 is 1.86 bits per heavy atom. The first kappa shape index (κ1) is 53.5. The van der Waals surface area contributed by atoms with Gasteiger partial charge in [-0.3, -0.25) is 38.9 Å². The summed E-state index contributed by atoms with van der Waals surface area (Å²) in [5.74, 6) is 1.87. The summed E-state index contributed by atoms with van der Waals surface area (Å²) in [6, 6.07) is 7.41. The van der Waals surface area contributed by atoms with Gasteiger partial charge in [0.2, 0.25) is 11.7 Å². The Balaban J connectivity index is 1.07. The molecule has 73 heavy (non-hydrogen) atoms. The van der Waals surface area contributed by atoms with Gasteiger partial charge < -0.3 is 38.6 Å². The predicted octanol–water partition coefficient (Wildman–Crippen LogP) is 4.98. The Labute approximate surface area is 432 Å². The molecule has 1 aromatic carbocycles. The minimum atomic E-state index is -1.15. The van der Waals surface area contributed by atoms with E-state index in [4.69, 9.17) is 28.9 Å². The van der Waals surface area contributed by atoms with Crippen LogP contribution in [0.3, 0.4) is 0 Å². The van der Waals surface area contributed by atoms with Crippen LogP contribution in [0.25, 0.3) is 33.4 Å². The number of pyridine rings is 1. The average molecular weight is 1020 g/mol. The molecule has 3 saturated heterocycles. The standard InChI is InChI=1S/C54H71N9O9S/c1-13-62-41-19-18-34-24-36(41)37(47(62)35-16-14-22-55-45(35)33(4)69-12)26-52(5,6)31-70-51(68)38-17-15-23-63(58-38)49(66)39(25-43-56-40(34)28-73-43)57-48(65)46(32(2)3)60(11)50(67)42-27-71-54(72-42)29-61(30-54)44(64)20-21-53(7,8)59(9)10/h14,16,18-19,22,24,28,32-33,38-39,42,46,58H,13,15,17,23,25-27,29-31H2,1-12H3,(H,57,65)/t33-,38-,39-,42-,46-/m0/s1. The number of fused-ring (bicyclic) bond motifs is 6. The highest BCUT2D eigenvalue weighted by atomic mass is 32.1. The van der Waals surface area contributed by atoms with E-state index in [1.165, 1.54) is 33.2 Å². The second kappa shape index (κ2) is 21.2. The number of cyclic esters (lactones) is 1. The maximum absolute atomic E-state index is 14.7. The third-order valence-corrected chi connectivity index (χ3v) is 15.6. The lowest BCUT2D eigenvalue weighted by atomic mass is 9.84. The first-order valence-electron chi connectivity index (χ1n) is 25.3. The van der Waals surface area contributed by atoms with Crippen LogP contribution >= 0.6 is 11.3 Å². The van der Waals surface area contributed by atoms with Crippen molar-refractivity contribution < 1.29 is 42.9 Å². The minimum absolute atomic E-state index is 0.0405. The molecule has 392 valence electrons. The molecule has 4 amide bonds. The highest BCUT2D eigenvalue weighted by Gasteiger charge is 2.55. The molecule has 6 bridgehead atoms. The normalized spacial score (nSPS) is 21.8. The first-order valence-corrected chi connectivity index (χ1v) is 26.1.